The zero-order valence-corrected chi connectivity index (χ0v) is 1.41. The average Bonchev–Trinajstić information content (AvgIpc) is 1.00. The molecule has 0 bridgehead atoms. The molecule has 0 nitrogen and oxygen atoms in total. The van der Waals surface area contributed by atoms with E-state index < -0.39 is 0 Å². The summed E-state index contributed by atoms with van der Waals surface area (Å²) in [4.78, 5) is 0. The SMILES string of the molecule is C=C.[KH].[KH].[KH]. The van der Waals surface area contributed by atoms with Gasteiger partial charge in [-0.25, -0.2) is 0 Å². The Morgan fingerprint density at radius 1 is 0.600 bits per heavy atom. The van der Waals surface area contributed by atoms with Crippen LogP contribution in [0.1, 0.15) is 0 Å². The first-order chi connectivity index (χ1) is 1.00. The Hall–Kier alpha value is 4.65. The minimum absolute atomic E-state index is 0. The van der Waals surface area contributed by atoms with Crippen molar-refractivity contribution in [3.8, 4) is 0 Å². The van der Waals surface area contributed by atoms with E-state index in [4.69, 9.17) is 0 Å². The summed E-state index contributed by atoms with van der Waals surface area (Å²) < 4.78 is 0. The van der Waals surface area contributed by atoms with Crippen molar-refractivity contribution in [1.29, 1.82) is 0 Å². The molecule has 0 radical (unpaired) electrons. The van der Waals surface area contributed by atoms with Gasteiger partial charge in [-0.2, -0.15) is 0 Å². The van der Waals surface area contributed by atoms with Gasteiger partial charge in [-0.1, -0.05) is 0 Å². The van der Waals surface area contributed by atoms with Gasteiger partial charge in [0.15, 0.2) is 0 Å². The van der Waals surface area contributed by atoms with Crippen LogP contribution in [0.3, 0.4) is 0 Å². The van der Waals surface area contributed by atoms with Crippen LogP contribution in [0.4, 0.5) is 0 Å². The summed E-state index contributed by atoms with van der Waals surface area (Å²) in [7, 11) is 0. The Balaban J connectivity index is -0.00000000167. The zero-order valence-electron chi connectivity index (χ0n) is 1.41. The number of hydrogen-bond donors (Lipinski definition) is 0. The monoisotopic (exact) mass is 148 g/mol. The molecule has 0 spiro atoms. The molecule has 0 aromatic rings. The fraction of sp³-hybridized carbons (Fsp3) is 0. The summed E-state index contributed by atoms with van der Waals surface area (Å²) in [5, 5.41) is 0. The third kappa shape index (κ3) is 17.7. The van der Waals surface area contributed by atoms with Gasteiger partial charge in [0.25, 0.3) is 0 Å². The van der Waals surface area contributed by atoms with Gasteiger partial charge >= 0.3 is 154 Å². The van der Waals surface area contributed by atoms with Crippen LogP contribution in [0.5, 0.6) is 0 Å². The summed E-state index contributed by atoms with van der Waals surface area (Å²) >= 11 is 0. The summed E-state index contributed by atoms with van der Waals surface area (Å²) in [5.74, 6) is 0. The van der Waals surface area contributed by atoms with E-state index in [0.29, 0.717) is 0 Å². The van der Waals surface area contributed by atoms with Gasteiger partial charge in [-0.3, -0.25) is 0 Å². The molecular formula is C2H7K3. The Labute approximate surface area is 161 Å². The third-order valence-electron chi connectivity index (χ3n) is 0. The second-order valence-corrected chi connectivity index (χ2v) is 0. The molecule has 0 N–H and O–H groups in total. The first-order valence-electron chi connectivity index (χ1n) is 0.500. The van der Waals surface area contributed by atoms with Gasteiger partial charge in [-0.15, -0.1) is 13.2 Å². The number of hydrogen-bond acceptors (Lipinski definition) is 0. The van der Waals surface area contributed by atoms with E-state index in [2.05, 4.69) is 13.2 Å². The van der Waals surface area contributed by atoms with Crippen molar-refractivity contribution in [2.45, 2.75) is 0 Å². The predicted octanol–water partition coefficient (Wildman–Crippen LogP) is -1.14. The van der Waals surface area contributed by atoms with E-state index in [1.807, 2.05) is 0 Å². The molecule has 0 heterocycles. The number of rotatable bonds is 0. The van der Waals surface area contributed by atoms with Gasteiger partial charge in [0.2, 0.25) is 0 Å². The molecule has 0 amide bonds. The van der Waals surface area contributed by atoms with Crippen LogP contribution in [-0.4, -0.2) is 154 Å². The summed E-state index contributed by atoms with van der Waals surface area (Å²) in [6.45, 7) is 6.00. The maximum absolute atomic E-state index is 3.00. The second kappa shape index (κ2) is 23.4. The van der Waals surface area contributed by atoms with Crippen LogP contribution in [0.25, 0.3) is 0 Å². The van der Waals surface area contributed by atoms with E-state index in [9.17, 15) is 0 Å². The minimum atomic E-state index is 0. The molecular weight excluding hydrogens is 141 g/mol. The molecule has 0 aliphatic carbocycles. The summed E-state index contributed by atoms with van der Waals surface area (Å²) in [6.07, 6.45) is 0. The van der Waals surface area contributed by atoms with Crippen molar-refractivity contribution in [2.24, 2.45) is 0 Å². The van der Waals surface area contributed by atoms with Crippen molar-refractivity contribution in [3.63, 3.8) is 0 Å². The molecule has 0 aliphatic rings. The van der Waals surface area contributed by atoms with E-state index in [1.54, 1.807) is 0 Å². The molecule has 0 fully saturated rings. The fourth-order valence-corrected chi connectivity index (χ4v) is 0. The van der Waals surface area contributed by atoms with E-state index in [1.165, 1.54) is 0 Å². The van der Waals surface area contributed by atoms with Gasteiger partial charge < -0.3 is 0 Å². The van der Waals surface area contributed by atoms with Gasteiger partial charge in [0.05, 0.1) is 0 Å². The van der Waals surface area contributed by atoms with Crippen molar-refractivity contribution >= 4 is 154 Å². The quantitative estimate of drug-likeness (QED) is 0.301. The molecule has 0 saturated carbocycles. The Bertz CT molecular complexity index is 4.85. The molecule has 5 heavy (non-hydrogen) atoms. The summed E-state index contributed by atoms with van der Waals surface area (Å²) in [5.41, 5.74) is 0. The van der Waals surface area contributed by atoms with Crippen LogP contribution < -0.4 is 0 Å². The second-order valence-electron chi connectivity index (χ2n) is 0. The van der Waals surface area contributed by atoms with Crippen molar-refractivity contribution in [2.75, 3.05) is 0 Å². The van der Waals surface area contributed by atoms with Crippen molar-refractivity contribution < 1.29 is 0 Å². The van der Waals surface area contributed by atoms with Gasteiger partial charge in [-0.05, 0) is 0 Å². The third-order valence-corrected chi connectivity index (χ3v) is 0. The molecule has 0 rings (SSSR count). The topological polar surface area (TPSA) is 0 Å². The van der Waals surface area contributed by atoms with Crippen LogP contribution in [0.2, 0.25) is 0 Å². The summed E-state index contributed by atoms with van der Waals surface area (Å²) in [6, 6.07) is 0. The maximum atomic E-state index is 3.00. The molecule has 0 unspecified atom stereocenters. The van der Waals surface area contributed by atoms with Crippen LogP contribution in [0, 0.1) is 0 Å². The van der Waals surface area contributed by atoms with Gasteiger partial charge in [0, 0.05) is 0 Å². The first-order valence-corrected chi connectivity index (χ1v) is 0.500. The normalized spacial score (nSPS) is 0.800. The molecule has 3 heteroatoms. The molecule has 0 atom stereocenters. The van der Waals surface area contributed by atoms with Crippen LogP contribution in [-0.2, 0) is 0 Å². The Kier molecular flexibility index (Phi) is 106. The predicted molar refractivity (Wildman–Crippen MR) is 32.7 cm³/mol. The molecule has 18 valence electrons. The van der Waals surface area contributed by atoms with Gasteiger partial charge in [0.1, 0.15) is 0 Å². The fourth-order valence-electron chi connectivity index (χ4n) is 0. The Morgan fingerprint density at radius 2 is 0.600 bits per heavy atom. The van der Waals surface area contributed by atoms with Crippen LogP contribution >= 0.6 is 0 Å². The molecule has 0 saturated heterocycles. The molecule has 0 aliphatic heterocycles. The molecule has 0 aromatic carbocycles. The molecule has 0 aromatic heterocycles. The first kappa shape index (κ1) is 22.6. The van der Waals surface area contributed by atoms with Crippen molar-refractivity contribution in [3.05, 3.63) is 13.2 Å². The van der Waals surface area contributed by atoms with E-state index in [0.717, 1.165) is 0 Å². The van der Waals surface area contributed by atoms with E-state index >= 15 is 0 Å². The zero-order chi connectivity index (χ0) is 2.00. The average molecular weight is 148 g/mol. The van der Waals surface area contributed by atoms with Crippen LogP contribution in [0.15, 0.2) is 13.2 Å². The van der Waals surface area contributed by atoms with E-state index in [-0.39, 0.29) is 154 Å². The standard InChI is InChI=1S/C2H4.3K.3H/c1-2;;;;;;/h1-2H2;;;;;;. The Morgan fingerprint density at radius 3 is 0.600 bits per heavy atom. The van der Waals surface area contributed by atoms with Crippen molar-refractivity contribution in [1.82, 2.24) is 0 Å².